The Morgan fingerprint density at radius 2 is 0.714 bits per heavy atom. The zero-order chi connectivity index (χ0) is 33.7. The summed E-state index contributed by atoms with van der Waals surface area (Å²) in [4.78, 5) is 6.93. The number of hydrogen-bond acceptors (Lipinski definition) is 2. The number of aromatic amines is 2. The van der Waals surface area contributed by atoms with Gasteiger partial charge in [0.2, 0.25) is 0 Å². The van der Waals surface area contributed by atoms with Gasteiger partial charge in [0.05, 0.1) is 0 Å². The second kappa shape index (κ2) is 14.7. The Balaban J connectivity index is 0.000000133. The molecule has 0 saturated carbocycles. The van der Waals surface area contributed by atoms with E-state index < -0.39 is 7.12 Å². The molecule has 2 aromatic heterocycles. The molecule has 0 bridgehead atoms. The lowest BCUT2D eigenvalue weighted by Crippen LogP contribution is -2.29. The first-order valence-electron chi connectivity index (χ1n) is 15.9. The smallest absolute Gasteiger partial charge is 0.423 e. The lowest BCUT2D eigenvalue weighted by Gasteiger charge is -2.03. The molecule has 0 aliphatic heterocycles. The summed E-state index contributed by atoms with van der Waals surface area (Å²) >= 11 is 6.99. The second-order valence-corrected chi connectivity index (χ2v) is 13.5. The minimum absolute atomic E-state index is 0.525. The van der Waals surface area contributed by atoms with Crippen molar-refractivity contribution in [3.05, 3.63) is 173 Å². The highest BCUT2D eigenvalue weighted by Crippen LogP contribution is 2.33. The standard InChI is InChI=1S/C24H17N.C12H7Br2N.C6H7BO2/c1-3-7-17(8-4-1)19-11-13-23-21(15-19)22-16-20(12-14-24(22)25-23)18-9-5-2-6-10-18;13-7-1-3-11-9(5-7)10-6-8(14)2-4-12(10)15-11;8-7(9)6-4-2-1-3-5-6/h1-16,25H;1-6,15H;1-5,8-9H. The number of H-pyrrole nitrogens is 2. The third-order valence-corrected chi connectivity index (χ3v) is 9.42. The molecule has 7 heteroatoms. The third kappa shape index (κ3) is 7.41. The van der Waals surface area contributed by atoms with Crippen molar-refractivity contribution in [1.82, 2.24) is 9.97 Å². The molecule has 0 atom stereocenters. The van der Waals surface area contributed by atoms with Crippen molar-refractivity contribution in [2.45, 2.75) is 0 Å². The molecule has 238 valence electrons. The van der Waals surface area contributed by atoms with Gasteiger partial charge in [-0.3, -0.25) is 0 Å². The third-order valence-electron chi connectivity index (χ3n) is 8.43. The quantitative estimate of drug-likeness (QED) is 0.135. The topological polar surface area (TPSA) is 72.0 Å². The van der Waals surface area contributed by atoms with E-state index in [0.717, 1.165) is 8.95 Å². The molecule has 2 heterocycles. The fourth-order valence-corrected chi connectivity index (χ4v) is 6.71. The molecule has 4 nitrogen and oxygen atoms in total. The van der Waals surface area contributed by atoms with Gasteiger partial charge in [-0.2, -0.15) is 0 Å². The van der Waals surface area contributed by atoms with Crippen LogP contribution in [0.2, 0.25) is 0 Å². The maximum Gasteiger partial charge on any atom is 0.488 e. The molecule has 0 amide bonds. The minimum Gasteiger partial charge on any atom is -0.423 e. The highest BCUT2D eigenvalue weighted by atomic mass is 79.9. The van der Waals surface area contributed by atoms with Crippen LogP contribution in [0.3, 0.4) is 0 Å². The minimum atomic E-state index is -1.34. The average molecular weight is 766 g/mol. The summed E-state index contributed by atoms with van der Waals surface area (Å²) < 4.78 is 2.21. The molecule has 0 unspecified atom stereocenters. The van der Waals surface area contributed by atoms with Crippen molar-refractivity contribution in [2.24, 2.45) is 0 Å². The molecule has 0 radical (unpaired) electrons. The molecule has 0 aliphatic carbocycles. The van der Waals surface area contributed by atoms with Crippen LogP contribution >= 0.6 is 31.9 Å². The predicted octanol–water partition coefficient (Wildman–Crippen LogP) is 10.9. The van der Waals surface area contributed by atoms with E-state index in [2.05, 4.69) is 163 Å². The first kappa shape index (κ1) is 32.6. The van der Waals surface area contributed by atoms with E-state index in [-0.39, 0.29) is 0 Å². The van der Waals surface area contributed by atoms with Gasteiger partial charge in [-0.1, -0.05) is 135 Å². The van der Waals surface area contributed by atoms with Crippen LogP contribution in [-0.2, 0) is 0 Å². The SMILES string of the molecule is Brc1ccc2[nH]c3ccc(Br)cc3c2c1.OB(O)c1ccccc1.c1ccc(-c2ccc3[nH]c4ccc(-c5ccccc5)cc4c3c2)cc1. The number of aromatic nitrogens is 2. The number of rotatable bonds is 3. The molecule has 4 N–H and O–H groups in total. The maximum atomic E-state index is 8.58. The fraction of sp³-hybridized carbons (Fsp3) is 0. The van der Waals surface area contributed by atoms with Gasteiger partial charge in [0.1, 0.15) is 0 Å². The van der Waals surface area contributed by atoms with Gasteiger partial charge in [0.15, 0.2) is 0 Å². The van der Waals surface area contributed by atoms with Crippen LogP contribution in [0.4, 0.5) is 0 Å². The summed E-state index contributed by atoms with van der Waals surface area (Å²) in [6.07, 6.45) is 0. The predicted molar refractivity (Wildman–Crippen MR) is 214 cm³/mol. The first-order valence-corrected chi connectivity index (χ1v) is 17.5. The molecule has 0 spiro atoms. The molecule has 9 rings (SSSR count). The fourth-order valence-electron chi connectivity index (χ4n) is 5.98. The molecule has 49 heavy (non-hydrogen) atoms. The lowest BCUT2D eigenvalue weighted by molar-refractivity contribution is 0.426. The van der Waals surface area contributed by atoms with Gasteiger partial charge >= 0.3 is 7.12 Å². The van der Waals surface area contributed by atoms with E-state index >= 15 is 0 Å². The van der Waals surface area contributed by atoms with Crippen molar-refractivity contribution < 1.29 is 10.0 Å². The van der Waals surface area contributed by atoms with E-state index in [1.54, 1.807) is 24.3 Å². The first-order chi connectivity index (χ1) is 23.9. The Kier molecular flexibility index (Phi) is 9.78. The molecule has 9 aromatic rings. The summed E-state index contributed by atoms with van der Waals surface area (Å²) in [6.45, 7) is 0. The lowest BCUT2D eigenvalue weighted by atomic mass is 9.81. The van der Waals surface area contributed by atoms with E-state index in [0.29, 0.717) is 5.46 Å². The van der Waals surface area contributed by atoms with Crippen LogP contribution in [0.15, 0.2) is 173 Å². The molecule has 0 fully saturated rings. The molecule has 0 saturated heterocycles. The summed E-state index contributed by atoms with van der Waals surface area (Å²) in [5.41, 5.74) is 10.2. The van der Waals surface area contributed by atoms with Crippen molar-refractivity contribution >= 4 is 88.1 Å². The highest BCUT2D eigenvalue weighted by Gasteiger charge is 2.09. The number of hydrogen-bond donors (Lipinski definition) is 4. The van der Waals surface area contributed by atoms with Crippen LogP contribution < -0.4 is 5.46 Å². The van der Waals surface area contributed by atoms with Crippen LogP contribution in [0.1, 0.15) is 0 Å². The van der Waals surface area contributed by atoms with E-state index in [1.807, 2.05) is 18.2 Å². The van der Waals surface area contributed by atoms with Crippen molar-refractivity contribution in [3.63, 3.8) is 0 Å². The van der Waals surface area contributed by atoms with Gasteiger partial charge in [-0.05, 0) is 88.4 Å². The van der Waals surface area contributed by atoms with Gasteiger partial charge in [-0.15, -0.1) is 0 Å². The zero-order valence-corrected chi connectivity index (χ0v) is 29.5. The number of halogens is 2. The molecule has 0 aliphatic rings. The number of benzene rings is 7. The Morgan fingerprint density at radius 1 is 0.367 bits per heavy atom. The maximum absolute atomic E-state index is 8.58. The van der Waals surface area contributed by atoms with E-state index in [9.17, 15) is 0 Å². The molecular formula is C42H31BBr2N2O2. The zero-order valence-electron chi connectivity index (χ0n) is 26.3. The molecular weight excluding hydrogens is 735 g/mol. The van der Waals surface area contributed by atoms with Gasteiger partial charge in [0, 0.05) is 52.6 Å². The van der Waals surface area contributed by atoms with Crippen LogP contribution in [-0.4, -0.2) is 27.1 Å². The summed E-state index contributed by atoms with van der Waals surface area (Å²) in [7, 11) is -1.34. The van der Waals surface area contributed by atoms with Crippen molar-refractivity contribution in [3.8, 4) is 22.3 Å². The van der Waals surface area contributed by atoms with E-state index in [4.69, 9.17) is 10.0 Å². The van der Waals surface area contributed by atoms with Crippen molar-refractivity contribution in [1.29, 1.82) is 0 Å². The Hall–Kier alpha value is -4.92. The number of fused-ring (bicyclic) bond motifs is 6. The Morgan fingerprint density at radius 3 is 1.08 bits per heavy atom. The van der Waals surface area contributed by atoms with E-state index in [1.165, 1.54) is 65.9 Å². The average Bonchev–Trinajstić information content (AvgIpc) is 3.70. The second-order valence-electron chi connectivity index (χ2n) is 11.7. The van der Waals surface area contributed by atoms with Crippen LogP contribution in [0, 0.1) is 0 Å². The van der Waals surface area contributed by atoms with Crippen LogP contribution in [0.5, 0.6) is 0 Å². The van der Waals surface area contributed by atoms with Crippen molar-refractivity contribution in [2.75, 3.05) is 0 Å². The summed E-state index contributed by atoms with van der Waals surface area (Å²) in [6, 6.07) is 55.6. The van der Waals surface area contributed by atoms with Gasteiger partial charge < -0.3 is 20.0 Å². The number of nitrogens with one attached hydrogen (secondary N) is 2. The van der Waals surface area contributed by atoms with Gasteiger partial charge in [0.25, 0.3) is 0 Å². The largest absolute Gasteiger partial charge is 0.488 e. The normalized spacial score (nSPS) is 10.9. The molecule has 7 aromatic carbocycles. The Labute approximate surface area is 301 Å². The van der Waals surface area contributed by atoms with Gasteiger partial charge in [-0.25, -0.2) is 0 Å². The highest BCUT2D eigenvalue weighted by molar-refractivity contribution is 9.10. The summed E-state index contributed by atoms with van der Waals surface area (Å²) in [5.74, 6) is 0. The summed E-state index contributed by atoms with van der Waals surface area (Å²) in [5, 5.41) is 22.2. The monoisotopic (exact) mass is 764 g/mol. The Bertz CT molecular complexity index is 2350. The van der Waals surface area contributed by atoms with Crippen LogP contribution in [0.25, 0.3) is 65.9 Å².